The average Bonchev–Trinajstić information content (AvgIpc) is 3.76. The van der Waals surface area contributed by atoms with Crippen molar-refractivity contribution in [1.29, 1.82) is 0 Å². The third-order valence-corrected chi connectivity index (χ3v) is 16.0. The van der Waals surface area contributed by atoms with Gasteiger partial charge in [-0.15, -0.1) is 16.0 Å². The van der Waals surface area contributed by atoms with Crippen molar-refractivity contribution in [3.8, 4) is 67.1 Å². The van der Waals surface area contributed by atoms with E-state index in [-0.39, 0.29) is 10.3 Å². The van der Waals surface area contributed by atoms with Crippen LogP contribution in [-0.2, 0) is 5.21 Å². The number of aromatic nitrogens is 2. The van der Waals surface area contributed by atoms with Crippen LogP contribution in [0.4, 0.5) is 0 Å². The predicted octanol–water partition coefficient (Wildman–Crippen LogP) is -3.43. The number of para-hydroxylation sites is 3. The van der Waals surface area contributed by atoms with E-state index in [2.05, 4.69) is 250 Å². The fourth-order valence-corrected chi connectivity index (χ4v) is 10.6. The van der Waals surface area contributed by atoms with E-state index in [9.17, 15) is 5.11 Å². The number of imidazole rings is 1. The van der Waals surface area contributed by atoms with Crippen molar-refractivity contribution in [1.82, 2.24) is 9.55 Å². The van der Waals surface area contributed by atoms with Crippen LogP contribution in [0.15, 0.2) is 152 Å². The van der Waals surface area contributed by atoms with Crippen LogP contribution >= 0.6 is 0 Å². The third kappa shape index (κ3) is 7.19. The van der Waals surface area contributed by atoms with Crippen LogP contribution < -0.4 is 38.2 Å². The number of nitrogens with zero attached hydrogens (tertiary/aromatic N) is 2. The molecule has 15 heteroatoms. The van der Waals surface area contributed by atoms with E-state index < -0.39 is 0 Å². The lowest BCUT2D eigenvalue weighted by Gasteiger charge is -2.39. The zero-order chi connectivity index (χ0) is 48.0. The van der Waals surface area contributed by atoms with Gasteiger partial charge in [0.1, 0.15) is 82.2 Å². The molecule has 0 atom stereocenters. The molecule has 1 heterocycles. The Kier molecular flexibility index (Phi) is 11.3. The highest BCUT2D eigenvalue weighted by atomic mass is 16.3. The summed E-state index contributed by atoms with van der Waals surface area (Å²) in [6.45, 7) is 0. The largest absolute Gasteiger partial charge is 0.509 e. The normalized spacial score (nSPS) is 12.0. The van der Waals surface area contributed by atoms with Gasteiger partial charge in [0, 0.05) is 5.56 Å². The van der Waals surface area contributed by atoms with Gasteiger partial charge in [0.2, 0.25) is 0 Å². The van der Waals surface area contributed by atoms with Crippen molar-refractivity contribution in [2.24, 2.45) is 0 Å². The van der Waals surface area contributed by atoms with Gasteiger partial charge in [-0.05, 0) is 119 Å². The van der Waals surface area contributed by atoms with Crippen molar-refractivity contribution < 1.29 is 5.11 Å². The van der Waals surface area contributed by atoms with Crippen molar-refractivity contribution >= 4 is 165 Å². The van der Waals surface area contributed by atoms with Gasteiger partial charge >= 0.3 is 0 Å². The van der Waals surface area contributed by atoms with Crippen molar-refractivity contribution in [2.45, 2.75) is 10.3 Å². The molecule has 0 aliphatic carbocycles. The SMILES string of the molecule is Bc1c(B)c(B)c2c(-c3ccc(-c4ccccc4-n4c(C(B)(B)C(B)(B)B)nc5ccccc54)cc3)c3c(B)c(O)c(B)c(B)c3c(-c3cc(-c4ccccc4)cc(-c4ccccc4)c3)c2c1B. The minimum Gasteiger partial charge on any atom is -0.509 e. The summed E-state index contributed by atoms with van der Waals surface area (Å²) in [4.78, 5) is 5.34. The van der Waals surface area contributed by atoms with Gasteiger partial charge in [0.25, 0.3) is 0 Å². The molecule has 0 aliphatic heterocycles. The standard InChI is InChI=1S/C53H50B12N2O/c54-43-39-37(29-21-19-28(20-22-29)33-15-7-9-17-35(33)67-36-18-10-8-16-34(36)66-51(67)52(61,62)53(63,64)65)42-41(45(56)49(60)50(68)46(42)57)38(40(39)44(55)48(59)47(43)58)32-24-30(26-11-3-1-4-12-26)23-31(25-32)27-13-5-2-6-14-27/h1-25,68H,54-65H2. The molecular weight excluding hydrogens is 810 g/mol. The first-order chi connectivity index (χ1) is 32.5. The van der Waals surface area contributed by atoms with E-state index in [0.29, 0.717) is 5.75 Å². The summed E-state index contributed by atoms with van der Waals surface area (Å²) in [6, 6.07) is 55.1. The summed E-state index contributed by atoms with van der Waals surface area (Å²) in [5.41, 5.74) is 22.9. The molecule has 1 aromatic heterocycles. The Labute approximate surface area is 412 Å². The molecule has 0 aliphatic rings. The molecule has 0 saturated carbocycles. The van der Waals surface area contributed by atoms with Crippen LogP contribution in [0.25, 0.3) is 93.9 Å². The third-order valence-electron chi connectivity index (χ3n) is 16.0. The van der Waals surface area contributed by atoms with Crippen molar-refractivity contribution in [3.05, 3.63) is 157 Å². The number of hydrogen-bond acceptors (Lipinski definition) is 2. The summed E-state index contributed by atoms with van der Waals surface area (Å²) < 4.78 is 2.40. The Morgan fingerprint density at radius 2 is 0.838 bits per heavy atom. The monoisotopic (exact) mass is 863 g/mol. The minimum atomic E-state index is -0.240. The average molecular weight is 861 g/mol. The van der Waals surface area contributed by atoms with Crippen LogP contribution in [0, 0.1) is 0 Å². The molecule has 68 heavy (non-hydrogen) atoms. The maximum absolute atomic E-state index is 12.1. The highest BCUT2D eigenvalue weighted by Crippen LogP contribution is 2.45. The molecule has 0 saturated heterocycles. The lowest BCUT2D eigenvalue weighted by atomic mass is 9.23. The number of hydrogen-bond donors (Lipinski definition) is 1. The van der Waals surface area contributed by atoms with Gasteiger partial charge in [-0.2, -0.15) is 0 Å². The lowest BCUT2D eigenvalue weighted by molar-refractivity contribution is 0.485. The zero-order valence-electron chi connectivity index (χ0n) is 41.8. The Bertz CT molecular complexity index is 3530. The molecule has 10 aromatic rings. The Hall–Kier alpha value is -6.45. The molecule has 0 bridgehead atoms. The number of phenolic OH excluding ortho intramolecular Hbond substituents is 1. The second-order valence-corrected chi connectivity index (χ2v) is 20.7. The molecular formula is C53H50B12N2O. The minimum absolute atomic E-state index is 0.0461. The number of fused-ring (bicyclic) bond motifs is 3. The highest BCUT2D eigenvalue weighted by molar-refractivity contribution is 6.69. The summed E-state index contributed by atoms with van der Waals surface area (Å²) in [6.07, 6.45) is 0. The second-order valence-electron chi connectivity index (χ2n) is 20.7. The highest BCUT2D eigenvalue weighted by Gasteiger charge is 2.39. The topological polar surface area (TPSA) is 38.0 Å². The molecule has 1 N–H and O–H groups in total. The predicted molar refractivity (Wildman–Crippen MR) is 329 cm³/mol. The van der Waals surface area contributed by atoms with Crippen molar-refractivity contribution in [2.75, 3.05) is 0 Å². The quantitative estimate of drug-likeness (QED) is 0.128. The van der Waals surface area contributed by atoms with Gasteiger partial charge in [0.15, 0.2) is 0 Å². The number of aromatic hydroxyl groups is 1. The Morgan fingerprint density at radius 3 is 1.40 bits per heavy atom. The Balaban J connectivity index is 1.27. The number of rotatable bonds is 8. The number of benzene rings is 9. The maximum Gasteiger partial charge on any atom is 0.145 e. The maximum atomic E-state index is 12.1. The van der Waals surface area contributed by atoms with Crippen LogP contribution in [0.5, 0.6) is 5.75 Å². The first-order valence-corrected chi connectivity index (χ1v) is 24.1. The summed E-state index contributed by atoms with van der Waals surface area (Å²) in [5.74, 6) is 1.41. The van der Waals surface area contributed by atoms with Gasteiger partial charge in [0.05, 0.1) is 40.3 Å². The van der Waals surface area contributed by atoms with Gasteiger partial charge in [-0.3, -0.25) is 4.57 Å². The number of phenols is 1. The van der Waals surface area contributed by atoms with Gasteiger partial charge in [-0.1, -0.05) is 137 Å². The lowest BCUT2D eigenvalue weighted by Crippen LogP contribution is -2.48. The molecule has 3 nitrogen and oxygen atoms in total. The van der Waals surface area contributed by atoms with Crippen LogP contribution in [-0.4, -0.2) is 109 Å². The fraction of sp³-hybridized carbons (Fsp3) is 0.0377. The fourth-order valence-electron chi connectivity index (χ4n) is 10.6. The molecule has 0 amide bonds. The summed E-state index contributed by atoms with van der Waals surface area (Å²) >= 11 is 0. The van der Waals surface area contributed by atoms with Crippen LogP contribution in [0.2, 0.25) is 5.11 Å². The van der Waals surface area contributed by atoms with E-state index in [0.717, 1.165) is 72.1 Å². The molecule has 9 aromatic carbocycles. The van der Waals surface area contributed by atoms with E-state index in [4.69, 9.17) is 4.98 Å². The second kappa shape index (κ2) is 17.0. The van der Waals surface area contributed by atoms with Crippen molar-refractivity contribution in [3.63, 3.8) is 0 Å². The first-order valence-electron chi connectivity index (χ1n) is 24.1. The molecule has 314 valence electrons. The van der Waals surface area contributed by atoms with Crippen LogP contribution in [0.1, 0.15) is 5.82 Å². The van der Waals surface area contributed by atoms with E-state index >= 15 is 0 Å². The van der Waals surface area contributed by atoms with E-state index in [1.807, 2.05) is 0 Å². The molecule has 10 rings (SSSR count). The Morgan fingerprint density at radius 1 is 0.397 bits per heavy atom. The van der Waals surface area contributed by atoms with Gasteiger partial charge in [-0.25, -0.2) is 4.98 Å². The van der Waals surface area contributed by atoms with E-state index in [1.165, 1.54) is 65.8 Å². The summed E-state index contributed by atoms with van der Waals surface area (Å²) in [5, 5.41) is 16.6. The molecule has 0 unspecified atom stereocenters. The molecule has 0 fully saturated rings. The summed E-state index contributed by atoms with van der Waals surface area (Å²) in [7, 11) is 27.1. The smallest absolute Gasteiger partial charge is 0.145 e. The van der Waals surface area contributed by atoms with Gasteiger partial charge < -0.3 is 5.11 Å². The van der Waals surface area contributed by atoms with Crippen LogP contribution in [0.3, 0.4) is 0 Å². The zero-order valence-corrected chi connectivity index (χ0v) is 41.8. The van der Waals surface area contributed by atoms with E-state index in [1.54, 1.807) is 0 Å². The molecule has 0 radical (unpaired) electrons. The molecule has 0 spiro atoms. The first kappa shape index (κ1) is 45.3.